The van der Waals surface area contributed by atoms with Gasteiger partial charge in [0.2, 0.25) is 5.91 Å². The molecule has 3 rings (SSSR count). The van der Waals surface area contributed by atoms with Crippen LogP contribution in [-0.4, -0.2) is 16.7 Å². The van der Waals surface area contributed by atoms with E-state index < -0.39 is 0 Å². The maximum atomic E-state index is 12.1. The zero-order valence-electron chi connectivity index (χ0n) is 11.5. The van der Waals surface area contributed by atoms with Crippen LogP contribution in [0.1, 0.15) is 18.9 Å². The molecule has 1 aromatic carbocycles. The first-order valence-electron chi connectivity index (χ1n) is 6.47. The average Bonchev–Trinajstić information content (AvgIpc) is 2.54. The second-order valence-electron chi connectivity index (χ2n) is 4.39. The van der Waals surface area contributed by atoms with Gasteiger partial charge >= 0.3 is 0 Å². The van der Waals surface area contributed by atoms with Gasteiger partial charge in [-0.2, -0.15) is 0 Å². The summed E-state index contributed by atoms with van der Waals surface area (Å²) in [5.74, 6) is 0.633. The van der Waals surface area contributed by atoms with E-state index in [4.69, 9.17) is 0 Å². The molecule has 0 fully saturated rings. The third-order valence-electron chi connectivity index (χ3n) is 3.07. The molecule has 0 aliphatic carbocycles. The molecule has 2 heterocycles. The summed E-state index contributed by atoms with van der Waals surface area (Å²) in [4.78, 5) is 20.7. The third-order valence-corrected chi connectivity index (χ3v) is 3.07. The molecule has 0 spiro atoms. The van der Waals surface area contributed by atoms with Crippen LogP contribution in [0.25, 0.3) is 0 Å². The summed E-state index contributed by atoms with van der Waals surface area (Å²) in [5.41, 5.74) is 5.42. The van der Waals surface area contributed by atoms with Crippen LogP contribution >= 0.6 is 12.4 Å². The summed E-state index contributed by atoms with van der Waals surface area (Å²) in [6.07, 6.45) is 3.73. The molecule has 108 valence electrons. The van der Waals surface area contributed by atoms with E-state index in [1.54, 1.807) is 18.5 Å². The normalized spacial score (nSPS) is 12.6. The number of aromatic nitrogens is 1. The highest BCUT2D eigenvalue weighted by Crippen LogP contribution is 2.30. The molecule has 0 unspecified atom stereocenters. The quantitative estimate of drug-likeness (QED) is 0.928. The molecule has 21 heavy (non-hydrogen) atoms. The molecule has 0 saturated heterocycles. The van der Waals surface area contributed by atoms with Crippen molar-refractivity contribution in [2.75, 3.05) is 5.01 Å². The number of fused-ring (bicyclic) bond motifs is 1. The monoisotopic (exact) mass is 302 g/mol. The predicted octanol–water partition coefficient (Wildman–Crippen LogP) is 2.84. The van der Waals surface area contributed by atoms with Gasteiger partial charge in [-0.3, -0.25) is 15.2 Å². The number of hydrazine groups is 1. The van der Waals surface area contributed by atoms with Crippen LogP contribution in [0.2, 0.25) is 0 Å². The van der Waals surface area contributed by atoms with Gasteiger partial charge in [0, 0.05) is 18.2 Å². The second-order valence-corrected chi connectivity index (χ2v) is 4.39. The van der Waals surface area contributed by atoms with Crippen LogP contribution in [0.3, 0.4) is 0 Å². The number of nitrogens with zero attached hydrogens (tertiary/aromatic N) is 3. The Hall–Kier alpha value is -2.40. The molecule has 6 heteroatoms. The van der Waals surface area contributed by atoms with Gasteiger partial charge < -0.3 is 0 Å². The van der Waals surface area contributed by atoms with Crippen molar-refractivity contribution < 1.29 is 4.79 Å². The van der Waals surface area contributed by atoms with E-state index in [1.807, 2.05) is 37.3 Å². The van der Waals surface area contributed by atoms with Crippen LogP contribution in [0.4, 0.5) is 11.4 Å². The summed E-state index contributed by atoms with van der Waals surface area (Å²) < 4.78 is 0. The van der Waals surface area contributed by atoms with Gasteiger partial charge in [-0.1, -0.05) is 37.3 Å². The average molecular weight is 303 g/mol. The summed E-state index contributed by atoms with van der Waals surface area (Å²) >= 11 is 0. The lowest BCUT2D eigenvalue weighted by Crippen LogP contribution is -2.48. The first-order valence-corrected chi connectivity index (χ1v) is 6.47. The number of carbonyl (C=O) groups excluding carboxylic acids is 1. The van der Waals surface area contributed by atoms with Crippen molar-refractivity contribution in [1.82, 2.24) is 10.4 Å². The van der Waals surface area contributed by atoms with Crippen LogP contribution in [-0.2, 0) is 4.79 Å². The lowest BCUT2D eigenvalue weighted by molar-refractivity contribution is -0.118. The molecule has 1 N–H and O–H groups in total. The van der Waals surface area contributed by atoms with Gasteiger partial charge in [-0.15, -0.1) is 12.4 Å². The molecular weight excluding hydrogens is 288 g/mol. The van der Waals surface area contributed by atoms with Crippen LogP contribution < -0.4 is 10.4 Å². The fourth-order valence-corrected chi connectivity index (χ4v) is 2.05. The van der Waals surface area contributed by atoms with Crippen molar-refractivity contribution >= 4 is 35.5 Å². The summed E-state index contributed by atoms with van der Waals surface area (Å²) in [6, 6.07) is 11.5. The molecule has 0 bridgehead atoms. The molecule has 1 amide bonds. The standard InChI is InChI=1S/C15H14N4O.ClH/c1-2-14(20)19-13-8-9-16-10-12(13)17-15(18-19)11-6-4-3-5-7-11;/h3-10H,2H2,1H3,(H,17,18);1H. The Balaban J connectivity index is 0.00000161. The number of aliphatic imine (C=N–C) groups is 1. The van der Waals surface area contributed by atoms with Gasteiger partial charge in [-0.05, 0) is 6.07 Å². The molecule has 0 atom stereocenters. The number of amidine groups is 1. The largest absolute Gasteiger partial charge is 0.274 e. The lowest BCUT2D eigenvalue weighted by atomic mass is 10.2. The fourth-order valence-electron chi connectivity index (χ4n) is 2.05. The van der Waals surface area contributed by atoms with Crippen LogP contribution in [0, 0.1) is 0 Å². The number of nitrogens with one attached hydrogen (secondary N) is 1. The Morgan fingerprint density at radius 1 is 1.24 bits per heavy atom. The molecule has 0 radical (unpaired) electrons. The van der Waals surface area contributed by atoms with E-state index in [9.17, 15) is 4.79 Å². The van der Waals surface area contributed by atoms with Crippen molar-refractivity contribution in [2.45, 2.75) is 13.3 Å². The second kappa shape index (κ2) is 6.37. The molecule has 0 saturated carbocycles. The number of hydrogen-bond acceptors (Lipinski definition) is 4. The van der Waals surface area contributed by atoms with Crippen LogP contribution in [0.15, 0.2) is 53.8 Å². The zero-order chi connectivity index (χ0) is 13.9. The van der Waals surface area contributed by atoms with E-state index in [0.29, 0.717) is 17.9 Å². The summed E-state index contributed by atoms with van der Waals surface area (Å²) in [7, 11) is 0. The minimum Gasteiger partial charge on any atom is -0.274 e. The lowest BCUT2D eigenvalue weighted by Gasteiger charge is -2.29. The Morgan fingerprint density at radius 3 is 2.71 bits per heavy atom. The minimum absolute atomic E-state index is 0. The number of rotatable bonds is 2. The number of pyridine rings is 1. The van der Waals surface area contributed by atoms with E-state index in [-0.39, 0.29) is 18.3 Å². The Kier molecular flexibility index (Phi) is 4.55. The minimum atomic E-state index is -0.0132. The fraction of sp³-hybridized carbons (Fsp3) is 0.133. The van der Waals surface area contributed by atoms with Crippen LogP contribution in [0.5, 0.6) is 0 Å². The van der Waals surface area contributed by atoms with Gasteiger partial charge in [0.25, 0.3) is 0 Å². The molecule has 1 aliphatic rings. The van der Waals surface area contributed by atoms with Gasteiger partial charge in [0.15, 0.2) is 5.84 Å². The number of carbonyl (C=O) groups is 1. The van der Waals surface area contributed by atoms with E-state index in [1.165, 1.54) is 5.01 Å². The van der Waals surface area contributed by atoms with Crippen molar-refractivity contribution in [3.63, 3.8) is 0 Å². The first kappa shape index (κ1) is 15.0. The van der Waals surface area contributed by atoms with Gasteiger partial charge in [-0.25, -0.2) is 10.0 Å². The predicted molar refractivity (Wildman–Crippen MR) is 85.0 cm³/mol. The number of halogens is 1. The van der Waals surface area contributed by atoms with Crippen molar-refractivity contribution in [1.29, 1.82) is 0 Å². The SMILES string of the molecule is CCC(=O)N1NC(c2ccccc2)=Nc2cnccc21.Cl. The van der Waals surface area contributed by atoms with E-state index in [0.717, 1.165) is 11.3 Å². The molecule has 2 aromatic rings. The number of benzene rings is 1. The Morgan fingerprint density at radius 2 is 2.00 bits per heavy atom. The highest BCUT2D eigenvalue weighted by atomic mass is 35.5. The Bertz CT molecular complexity index is 672. The smallest absolute Gasteiger partial charge is 0.245 e. The summed E-state index contributed by atoms with van der Waals surface area (Å²) in [5, 5.41) is 1.53. The van der Waals surface area contributed by atoms with Gasteiger partial charge in [0.1, 0.15) is 5.69 Å². The van der Waals surface area contributed by atoms with E-state index >= 15 is 0 Å². The number of hydrogen-bond donors (Lipinski definition) is 1. The molecule has 1 aliphatic heterocycles. The van der Waals surface area contributed by atoms with Crippen molar-refractivity contribution in [3.05, 3.63) is 54.4 Å². The molecule has 1 aromatic heterocycles. The number of amides is 1. The maximum absolute atomic E-state index is 12.1. The topological polar surface area (TPSA) is 57.6 Å². The highest BCUT2D eigenvalue weighted by Gasteiger charge is 2.23. The first-order chi connectivity index (χ1) is 9.79. The summed E-state index contributed by atoms with van der Waals surface area (Å²) in [6.45, 7) is 1.83. The van der Waals surface area contributed by atoms with E-state index in [2.05, 4.69) is 15.4 Å². The maximum Gasteiger partial charge on any atom is 0.245 e. The van der Waals surface area contributed by atoms with Crippen molar-refractivity contribution in [2.24, 2.45) is 4.99 Å². The highest BCUT2D eigenvalue weighted by molar-refractivity contribution is 6.09. The molecule has 5 nitrogen and oxygen atoms in total. The zero-order valence-corrected chi connectivity index (χ0v) is 12.3. The molecular formula is C15H15ClN4O. The number of anilines is 1. The van der Waals surface area contributed by atoms with Crippen molar-refractivity contribution in [3.8, 4) is 0 Å². The third kappa shape index (κ3) is 2.87. The Labute approximate surface area is 129 Å². The van der Waals surface area contributed by atoms with Gasteiger partial charge in [0.05, 0.1) is 11.9 Å².